The van der Waals surface area contributed by atoms with E-state index in [0.29, 0.717) is 25.3 Å². The van der Waals surface area contributed by atoms with Crippen molar-refractivity contribution in [1.29, 1.82) is 0 Å². The maximum absolute atomic E-state index is 13.2. The van der Waals surface area contributed by atoms with Crippen LogP contribution in [0.2, 0.25) is 0 Å². The Balaban J connectivity index is 2.09. The van der Waals surface area contributed by atoms with Gasteiger partial charge in [0.1, 0.15) is 6.04 Å². The van der Waals surface area contributed by atoms with Crippen LogP contribution < -0.4 is 5.32 Å². The van der Waals surface area contributed by atoms with E-state index in [9.17, 15) is 9.59 Å². The van der Waals surface area contributed by atoms with Crippen LogP contribution in [-0.4, -0.2) is 35.1 Å². The zero-order valence-electron chi connectivity index (χ0n) is 19.3. The molecule has 168 valence electrons. The summed E-state index contributed by atoms with van der Waals surface area (Å²) in [4.78, 5) is 27.9. The van der Waals surface area contributed by atoms with Crippen molar-refractivity contribution in [3.8, 4) is 0 Å². The van der Waals surface area contributed by atoms with E-state index in [-0.39, 0.29) is 11.8 Å². The lowest BCUT2D eigenvalue weighted by molar-refractivity contribution is -0.139. The van der Waals surface area contributed by atoms with E-state index in [1.807, 2.05) is 44.2 Å². The largest absolute Gasteiger partial charge is 0.354 e. The summed E-state index contributed by atoms with van der Waals surface area (Å²) >= 11 is 1.60. The molecular weight excluding hydrogens is 404 g/mol. The summed E-state index contributed by atoms with van der Waals surface area (Å²) in [7, 11) is 0. The van der Waals surface area contributed by atoms with Gasteiger partial charge in [0.15, 0.2) is 0 Å². The highest BCUT2D eigenvalue weighted by Crippen LogP contribution is 2.18. The number of unbranched alkanes of at least 4 members (excludes halogenated alkanes) is 1. The van der Waals surface area contributed by atoms with Crippen molar-refractivity contribution < 1.29 is 9.59 Å². The Labute approximate surface area is 191 Å². The molecular formula is C26H36N2O2S. The van der Waals surface area contributed by atoms with Gasteiger partial charge in [0, 0.05) is 18.8 Å². The second-order valence-electron chi connectivity index (χ2n) is 8.06. The molecule has 1 atom stereocenters. The maximum atomic E-state index is 13.2. The predicted octanol–water partition coefficient (Wildman–Crippen LogP) is 5.26. The lowest BCUT2D eigenvalue weighted by atomic mass is 10.1. The van der Waals surface area contributed by atoms with Gasteiger partial charge in [-0.05, 0) is 37.8 Å². The summed E-state index contributed by atoms with van der Waals surface area (Å²) in [6.45, 7) is 9.29. The van der Waals surface area contributed by atoms with Gasteiger partial charge in [0.05, 0.1) is 5.75 Å². The Morgan fingerprint density at radius 3 is 2.39 bits per heavy atom. The minimum Gasteiger partial charge on any atom is -0.354 e. The number of hydrogen-bond donors (Lipinski definition) is 1. The smallest absolute Gasteiger partial charge is 0.242 e. The number of carbonyl (C=O) groups is 2. The van der Waals surface area contributed by atoms with Crippen molar-refractivity contribution in [2.24, 2.45) is 0 Å². The normalized spacial score (nSPS) is 11.7. The standard InChI is InChI=1S/C26H36N2O2S/c1-5-7-15-27-26(30)24(6-2)28(17-22-13-11-20(3)12-14-22)25(29)19-31-18-23-10-8-9-21(4)16-23/h8-14,16,24H,5-7,15,17-19H2,1-4H3,(H,27,30)/t24-/m1/s1. The van der Waals surface area contributed by atoms with Crippen molar-refractivity contribution in [3.63, 3.8) is 0 Å². The third-order valence-corrected chi connectivity index (χ3v) is 6.25. The average molecular weight is 441 g/mol. The molecule has 0 aromatic heterocycles. The highest BCUT2D eigenvalue weighted by molar-refractivity contribution is 7.99. The van der Waals surface area contributed by atoms with E-state index in [1.54, 1.807) is 16.7 Å². The number of hydrogen-bond acceptors (Lipinski definition) is 3. The zero-order chi connectivity index (χ0) is 22.6. The number of amides is 2. The number of carbonyl (C=O) groups excluding carboxylic acids is 2. The van der Waals surface area contributed by atoms with Gasteiger partial charge in [0.25, 0.3) is 0 Å². The molecule has 0 radical (unpaired) electrons. The summed E-state index contributed by atoms with van der Waals surface area (Å²) < 4.78 is 0. The molecule has 0 aliphatic heterocycles. The third-order valence-electron chi connectivity index (χ3n) is 5.27. The molecule has 2 aromatic rings. The van der Waals surface area contributed by atoms with Crippen molar-refractivity contribution in [1.82, 2.24) is 10.2 Å². The van der Waals surface area contributed by atoms with Crippen LogP contribution in [0.4, 0.5) is 0 Å². The van der Waals surface area contributed by atoms with Crippen LogP contribution in [0.1, 0.15) is 55.4 Å². The van der Waals surface area contributed by atoms with E-state index in [2.05, 4.69) is 37.4 Å². The Morgan fingerprint density at radius 2 is 1.74 bits per heavy atom. The number of rotatable bonds is 12. The van der Waals surface area contributed by atoms with E-state index in [1.165, 1.54) is 16.7 Å². The number of aryl methyl sites for hydroxylation is 2. The monoisotopic (exact) mass is 440 g/mol. The molecule has 0 spiro atoms. The highest BCUT2D eigenvalue weighted by atomic mass is 32.2. The van der Waals surface area contributed by atoms with Gasteiger partial charge in [-0.3, -0.25) is 9.59 Å². The molecule has 2 aromatic carbocycles. The number of benzene rings is 2. The first-order valence-electron chi connectivity index (χ1n) is 11.2. The predicted molar refractivity (Wildman–Crippen MR) is 131 cm³/mol. The van der Waals surface area contributed by atoms with Gasteiger partial charge in [-0.25, -0.2) is 0 Å². The fourth-order valence-corrected chi connectivity index (χ4v) is 4.31. The molecule has 4 nitrogen and oxygen atoms in total. The van der Waals surface area contributed by atoms with E-state index in [0.717, 1.165) is 24.2 Å². The van der Waals surface area contributed by atoms with Crippen LogP contribution in [0.15, 0.2) is 48.5 Å². The van der Waals surface area contributed by atoms with E-state index >= 15 is 0 Å². The lowest BCUT2D eigenvalue weighted by Gasteiger charge is -2.30. The topological polar surface area (TPSA) is 49.4 Å². The molecule has 0 heterocycles. The molecule has 0 saturated carbocycles. The minimum absolute atomic E-state index is 0.00993. The Morgan fingerprint density at radius 1 is 1.00 bits per heavy atom. The Hall–Kier alpha value is -2.27. The van der Waals surface area contributed by atoms with Crippen LogP contribution in [0, 0.1) is 13.8 Å². The average Bonchev–Trinajstić information content (AvgIpc) is 2.75. The summed E-state index contributed by atoms with van der Waals surface area (Å²) in [5.74, 6) is 1.10. The number of nitrogens with zero attached hydrogens (tertiary/aromatic N) is 1. The van der Waals surface area contributed by atoms with Gasteiger partial charge in [-0.2, -0.15) is 0 Å². The first kappa shape index (κ1) is 25.0. The number of nitrogens with one attached hydrogen (secondary N) is 1. The van der Waals surface area contributed by atoms with Crippen LogP contribution >= 0.6 is 11.8 Å². The lowest BCUT2D eigenvalue weighted by Crippen LogP contribution is -2.49. The molecule has 0 unspecified atom stereocenters. The first-order chi connectivity index (χ1) is 14.9. The molecule has 31 heavy (non-hydrogen) atoms. The Bertz CT molecular complexity index is 836. The van der Waals surface area contributed by atoms with Crippen molar-refractivity contribution in [2.75, 3.05) is 12.3 Å². The van der Waals surface area contributed by atoms with Gasteiger partial charge >= 0.3 is 0 Å². The van der Waals surface area contributed by atoms with Crippen molar-refractivity contribution in [2.45, 2.75) is 65.3 Å². The molecule has 0 aliphatic carbocycles. The second-order valence-corrected chi connectivity index (χ2v) is 9.04. The third kappa shape index (κ3) is 8.41. The summed E-state index contributed by atoms with van der Waals surface area (Å²) in [6.07, 6.45) is 2.57. The molecule has 2 amide bonds. The minimum atomic E-state index is -0.453. The SMILES string of the molecule is CCCCNC(=O)[C@@H](CC)N(Cc1ccc(C)cc1)C(=O)CSCc1cccc(C)c1. The molecule has 0 bridgehead atoms. The molecule has 5 heteroatoms. The van der Waals surface area contributed by atoms with Crippen molar-refractivity contribution in [3.05, 3.63) is 70.8 Å². The summed E-state index contributed by atoms with van der Waals surface area (Å²) in [5, 5.41) is 3.01. The van der Waals surface area contributed by atoms with Crippen LogP contribution in [0.25, 0.3) is 0 Å². The fraction of sp³-hybridized carbons (Fsp3) is 0.462. The summed E-state index contributed by atoms with van der Waals surface area (Å²) in [6, 6.07) is 16.1. The molecule has 2 rings (SSSR count). The van der Waals surface area contributed by atoms with Gasteiger partial charge in [-0.1, -0.05) is 79.9 Å². The van der Waals surface area contributed by atoms with Crippen LogP contribution in [-0.2, 0) is 21.9 Å². The quantitative estimate of drug-likeness (QED) is 0.458. The zero-order valence-corrected chi connectivity index (χ0v) is 20.1. The van der Waals surface area contributed by atoms with Gasteiger partial charge in [-0.15, -0.1) is 11.8 Å². The fourth-order valence-electron chi connectivity index (χ4n) is 3.46. The molecule has 0 aliphatic rings. The molecule has 1 N–H and O–H groups in total. The van der Waals surface area contributed by atoms with E-state index < -0.39 is 6.04 Å². The highest BCUT2D eigenvalue weighted by Gasteiger charge is 2.28. The first-order valence-corrected chi connectivity index (χ1v) is 12.4. The van der Waals surface area contributed by atoms with Crippen molar-refractivity contribution >= 4 is 23.6 Å². The van der Waals surface area contributed by atoms with Gasteiger partial charge < -0.3 is 10.2 Å². The maximum Gasteiger partial charge on any atom is 0.242 e. The molecule has 0 saturated heterocycles. The van der Waals surface area contributed by atoms with Crippen LogP contribution in [0.3, 0.4) is 0 Å². The summed E-state index contributed by atoms with van der Waals surface area (Å²) in [5.41, 5.74) is 4.66. The Kier molecular flexibility index (Phi) is 10.6. The second kappa shape index (κ2) is 13.2. The number of thioether (sulfide) groups is 1. The van der Waals surface area contributed by atoms with Crippen LogP contribution in [0.5, 0.6) is 0 Å². The van der Waals surface area contributed by atoms with E-state index in [4.69, 9.17) is 0 Å². The molecule has 0 fully saturated rings. The van der Waals surface area contributed by atoms with Gasteiger partial charge in [0.2, 0.25) is 11.8 Å².